The van der Waals surface area contributed by atoms with E-state index in [0.717, 1.165) is 12.8 Å². The molecule has 0 atom stereocenters. The normalized spacial score (nSPS) is 13.2. The Bertz CT molecular complexity index is 778. The average molecular weight is 328 g/mol. The first-order valence-corrected chi connectivity index (χ1v) is 7.46. The first-order valence-electron chi connectivity index (χ1n) is 7.46. The zero-order chi connectivity index (χ0) is 17.1. The summed E-state index contributed by atoms with van der Waals surface area (Å²) in [6.45, 7) is 1.42. The molecule has 3 N–H and O–H groups in total. The van der Waals surface area contributed by atoms with Crippen LogP contribution in [0.3, 0.4) is 0 Å². The van der Waals surface area contributed by atoms with E-state index in [2.05, 4.69) is 20.9 Å². The van der Waals surface area contributed by atoms with Gasteiger partial charge in [0.2, 0.25) is 11.8 Å². The summed E-state index contributed by atoms with van der Waals surface area (Å²) in [7, 11) is 0. The van der Waals surface area contributed by atoms with Gasteiger partial charge in [0.1, 0.15) is 6.26 Å². The van der Waals surface area contributed by atoms with Crippen molar-refractivity contribution in [2.75, 3.05) is 16.0 Å². The summed E-state index contributed by atoms with van der Waals surface area (Å²) in [5.41, 5.74) is 1.24. The Morgan fingerprint density at radius 1 is 1.04 bits per heavy atom. The molecule has 1 aliphatic carbocycles. The van der Waals surface area contributed by atoms with Gasteiger partial charge in [0.25, 0.3) is 5.91 Å². The molecule has 0 spiro atoms. The summed E-state index contributed by atoms with van der Waals surface area (Å²) >= 11 is 0. The number of benzene rings is 1. The van der Waals surface area contributed by atoms with E-state index in [1.807, 2.05) is 0 Å². The Morgan fingerprint density at radius 2 is 1.67 bits per heavy atom. The second-order valence-corrected chi connectivity index (χ2v) is 5.51. The number of carbonyl (C=O) groups is 3. The van der Waals surface area contributed by atoms with Crippen LogP contribution in [0.5, 0.6) is 0 Å². The quantitative estimate of drug-likeness (QED) is 0.779. The Hall–Kier alpha value is -3.16. The molecule has 0 bridgehead atoms. The molecule has 0 unspecified atom stereocenters. The molecule has 1 aliphatic rings. The van der Waals surface area contributed by atoms with Crippen molar-refractivity contribution >= 4 is 35.1 Å². The van der Waals surface area contributed by atoms with Gasteiger partial charge in [-0.15, -0.1) is 0 Å². The average Bonchev–Trinajstić information content (AvgIpc) is 3.29. The lowest BCUT2D eigenvalue weighted by Gasteiger charge is -2.05. The summed E-state index contributed by atoms with van der Waals surface area (Å²) in [5, 5.41) is 7.82. The predicted octanol–water partition coefficient (Wildman–Crippen LogP) is 2.23. The number of anilines is 3. The zero-order valence-corrected chi connectivity index (χ0v) is 13.0. The molecule has 1 saturated carbocycles. The number of hydrogen-bond donors (Lipinski definition) is 3. The van der Waals surface area contributed by atoms with E-state index in [0.29, 0.717) is 11.4 Å². The van der Waals surface area contributed by atoms with E-state index in [4.69, 9.17) is 4.42 Å². The molecule has 8 nitrogen and oxygen atoms in total. The van der Waals surface area contributed by atoms with E-state index in [9.17, 15) is 14.4 Å². The Morgan fingerprint density at radius 3 is 2.25 bits per heavy atom. The highest BCUT2D eigenvalue weighted by Crippen LogP contribution is 2.30. The van der Waals surface area contributed by atoms with Crippen molar-refractivity contribution in [2.45, 2.75) is 19.8 Å². The first-order chi connectivity index (χ1) is 11.5. The van der Waals surface area contributed by atoms with Gasteiger partial charge in [0.15, 0.2) is 5.69 Å². The van der Waals surface area contributed by atoms with E-state index >= 15 is 0 Å². The molecular weight excluding hydrogens is 312 g/mol. The number of nitrogens with one attached hydrogen (secondary N) is 3. The Balaban J connectivity index is 1.59. The highest BCUT2D eigenvalue weighted by molar-refractivity contribution is 6.03. The van der Waals surface area contributed by atoms with Crippen molar-refractivity contribution in [3.63, 3.8) is 0 Å². The lowest BCUT2D eigenvalue weighted by molar-refractivity contribution is -0.117. The van der Waals surface area contributed by atoms with E-state index in [1.165, 1.54) is 13.2 Å². The van der Waals surface area contributed by atoms with E-state index in [1.54, 1.807) is 24.3 Å². The third-order valence-electron chi connectivity index (χ3n) is 3.38. The third-order valence-corrected chi connectivity index (χ3v) is 3.38. The minimum atomic E-state index is -0.460. The van der Waals surface area contributed by atoms with Crippen LogP contribution in [0.15, 0.2) is 34.9 Å². The number of oxazole rings is 1. The van der Waals surface area contributed by atoms with Crippen LogP contribution in [0.2, 0.25) is 0 Å². The van der Waals surface area contributed by atoms with Gasteiger partial charge in [-0.25, -0.2) is 0 Å². The molecule has 8 heteroatoms. The fraction of sp³-hybridized carbons (Fsp3) is 0.250. The molecular formula is C16H16N4O4. The van der Waals surface area contributed by atoms with Crippen LogP contribution in [0.4, 0.5) is 17.4 Å². The molecule has 3 rings (SSSR count). The van der Waals surface area contributed by atoms with Crippen LogP contribution in [0.1, 0.15) is 30.3 Å². The molecule has 124 valence electrons. The fourth-order valence-electron chi connectivity index (χ4n) is 2.02. The van der Waals surface area contributed by atoms with Crippen LogP contribution in [-0.2, 0) is 9.59 Å². The van der Waals surface area contributed by atoms with Gasteiger partial charge in [-0.1, -0.05) is 0 Å². The van der Waals surface area contributed by atoms with Crippen molar-refractivity contribution in [3.05, 3.63) is 36.2 Å². The van der Waals surface area contributed by atoms with E-state index < -0.39 is 5.91 Å². The standard InChI is InChI=1S/C16H16N4O4/c1-9(21)17-11-4-6-12(7-5-11)18-15(23)13-8-24-16(19-13)20-14(22)10-2-3-10/h4-8,10H,2-3H2,1H3,(H,17,21)(H,18,23)(H,19,20,22). The SMILES string of the molecule is CC(=O)Nc1ccc(NC(=O)c2coc(NC(=O)C3CC3)n2)cc1. The Kier molecular flexibility index (Phi) is 4.28. The molecule has 1 heterocycles. The van der Waals surface area contributed by atoms with Crippen molar-refractivity contribution < 1.29 is 18.8 Å². The number of aromatic nitrogens is 1. The molecule has 3 amide bonds. The molecule has 0 saturated heterocycles. The molecule has 0 aliphatic heterocycles. The third kappa shape index (κ3) is 3.97. The van der Waals surface area contributed by atoms with Crippen molar-refractivity contribution in [2.24, 2.45) is 5.92 Å². The highest BCUT2D eigenvalue weighted by Gasteiger charge is 2.30. The van der Waals surface area contributed by atoms with Gasteiger partial charge in [0.05, 0.1) is 0 Å². The van der Waals surface area contributed by atoms with Crippen LogP contribution in [0, 0.1) is 5.92 Å². The second-order valence-electron chi connectivity index (χ2n) is 5.51. The van der Waals surface area contributed by atoms with Gasteiger partial charge in [-0.05, 0) is 37.1 Å². The molecule has 2 aromatic rings. The van der Waals surface area contributed by atoms with Crippen LogP contribution < -0.4 is 16.0 Å². The van der Waals surface area contributed by atoms with Crippen molar-refractivity contribution in [3.8, 4) is 0 Å². The number of amides is 3. The minimum absolute atomic E-state index is 0.0121. The minimum Gasteiger partial charge on any atom is -0.431 e. The second kappa shape index (κ2) is 6.53. The number of carbonyl (C=O) groups excluding carboxylic acids is 3. The summed E-state index contributed by atoms with van der Waals surface area (Å²) < 4.78 is 5.08. The molecule has 0 radical (unpaired) electrons. The lowest BCUT2D eigenvalue weighted by Crippen LogP contribution is -2.15. The lowest BCUT2D eigenvalue weighted by atomic mass is 10.2. The maximum absolute atomic E-state index is 12.1. The largest absolute Gasteiger partial charge is 0.431 e. The van der Waals surface area contributed by atoms with Gasteiger partial charge in [-0.2, -0.15) is 4.98 Å². The Labute approximate surface area is 137 Å². The number of hydrogen-bond acceptors (Lipinski definition) is 5. The van der Waals surface area contributed by atoms with Crippen LogP contribution in [0.25, 0.3) is 0 Å². The fourth-order valence-corrected chi connectivity index (χ4v) is 2.02. The predicted molar refractivity (Wildman–Crippen MR) is 86.6 cm³/mol. The summed E-state index contributed by atoms with van der Waals surface area (Å²) in [6.07, 6.45) is 2.92. The van der Waals surface area contributed by atoms with E-state index in [-0.39, 0.29) is 29.4 Å². The molecule has 1 aromatic carbocycles. The topological polar surface area (TPSA) is 113 Å². The maximum Gasteiger partial charge on any atom is 0.302 e. The van der Waals surface area contributed by atoms with Crippen LogP contribution in [-0.4, -0.2) is 22.7 Å². The zero-order valence-electron chi connectivity index (χ0n) is 13.0. The van der Waals surface area contributed by atoms with Crippen molar-refractivity contribution in [1.29, 1.82) is 0 Å². The van der Waals surface area contributed by atoms with Crippen LogP contribution >= 0.6 is 0 Å². The van der Waals surface area contributed by atoms with Crippen molar-refractivity contribution in [1.82, 2.24) is 4.98 Å². The summed E-state index contributed by atoms with van der Waals surface area (Å²) in [5.74, 6) is -0.748. The monoisotopic (exact) mass is 328 g/mol. The molecule has 1 aromatic heterocycles. The summed E-state index contributed by atoms with van der Waals surface area (Å²) in [6, 6.07) is 6.65. The summed E-state index contributed by atoms with van der Waals surface area (Å²) in [4.78, 5) is 38.6. The maximum atomic E-state index is 12.1. The van der Waals surface area contributed by atoms with Gasteiger partial charge >= 0.3 is 6.01 Å². The van der Waals surface area contributed by atoms with Gasteiger partial charge < -0.3 is 15.1 Å². The number of nitrogens with zero attached hydrogens (tertiary/aromatic N) is 1. The smallest absolute Gasteiger partial charge is 0.302 e. The first kappa shape index (κ1) is 15.7. The van der Waals surface area contributed by atoms with Gasteiger partial charge in [0, 0.05) is 24.2 Å². The highest BCUT2D eigenvalue weighted by atomic mass is 16.4. The molecule has 24 heavy (non-hydrogen) atoms. The molecule has 1 fully saturated rings. The number of rotatable bonds is 5. The van der Waals surface area contributed by atoms with Gasteiger partial charge in [-0.3, -0.25) is 19.7 Å².